The third-order valence-corrected chi connectivity index (χ3v) is 5.36. The van der Waals surface area contributed by atoms with Gasteiger partial charge in [0.2, 0.25) is 0 Å². The van der Waals surface area contributed by atoms with E-state index in [1.807, 2.05) is 12.1 Å². The van der Waals surface area contributed by atoms with Gasteiger partial charge in [0.25, 0.3) is 5.91 Å². The van der Waals surface area contributed by atoms with E-state index in [0.717, 1.165) is 42.0 Å². The number of ether oxygens (including phenoxy) is 2. The summed E-state index contributed by atoms with van der Waals surface area (Å²) in [5.41, 5.74) is 1.88. The SMILES string of the molecule is COc1ccc2c(c1)CCCN2C(=O)COC(=O)CCc1ncc(-c2ccc(F)cc2F)o1. The maximum Gasteiger partial charge on any atom is 0.306 e. The molecule has 0 aliphatic carbocycles. The molecule has 0 atom stereocenters. The van der Waals surface area contributed by atoms with Gasteiger partial charge in [0, 0.05) is 24.7 Å². The zero-order chi connectivity index (χ0) is 23.4. The fourth-order valence-corrected chi connectivity index (χ4v) is 3.70. The number of anilines is 1. The number of hydrogen-bond donors (Lipinski definition) is 0. The summed E-state index contributed by atoms with van der Waals surface area (Å²) in [5.74, 6) is -1.29. The number of halogens is 2. The van der Waals surface area contributed by atoms with Gasteiger partial charge in [0.15, 0.2) is 18.3 Å². The van der Waals surface area contributed by atoms with Crippen molar-refractivity contribution in [1.82, 2.24) is 4.98 Å². The molecule has 0 radical (unpaired) electrons. The van der Waals surface area contributed by atoms with E-state index in [-0.39, 0.29) is 42.6 Å². The molecule has 2 heterocycles. The van der Waals surface area contributed by atoms with Crippen molar-refractivity contribution in [3.05, 3.63) is 65.7 Å². The number of carbonyl (C=O) groups is 2. The molecule has 1 aliphatic heterocycles. The smallest absolute Gasteiger partial charge is 0.306 e. The van der Waals surface area contributed by atoms with Gasteiger partial charge in [-0.1, -0.05) is 0 Å². The van der Waals surface area contributed by atoms with Crippen LogP contribution < -0.4 is 9.64 Å². The fraction of sp³-hybridized carbons (Fsp3) is 0.292. The van der Waals surface area contributed by atoms with Crippen molar-refractivity contribution in [1.29, 1.82) is 0 Å². The molecule has 0 saturated carbocycles. The first-order valence-corrected chi connectivity index (χ1v) is 10.5. The lowest BCUT2D eigenvalue weighted by molar-refractivity contribution is -0.147. The van der Waals surface area contributed by atoms with Crippen LogP contribution in [0.25, 0.3) is 11.3 Å². The molecule has 0 bridgehead atoms. The summed E-state index contributed by atoms with van der Waals surface area (Å²) in [6, 6.07) is 8.65. The minimum absolute atomic E-state index is 0.0626. The van der Waals surface area contributed by atoms with Crippen molar-refractivity contribution >= 4 is 17.6 Å². The zero-order valence-electron chi connectivity index (χ0n) is 18.0. The molecule has 1 aliphatic rings. The maximum atomic E-state index is 13.9. The molecule has 33 heavy (non-hydrogen) atoms. The zero-order valence-corrected chi connectivity index (χ0v) is 18.0. The summed E-state index contributed by atoms with van der Waals surface area (Å²) < 4.78 is 42.8. The molecular formula is C24H22F2N2O5. The number of fused-ring (bicyclic) bond motifs is 1. The summed E-state index contributed by atoms with van der Waals surface area (Å²) in [6.07, 6.45) is 3.01. The average molecular weight is 456 g/mol. The molecule has 0 N–H and O–H groups in total. The highest BCUT2D eigenvalue weighted by atomic mass is 19.1. The average Bonchev–Trinajstić information content (AvgIpc) is 3.29. The number of oxazole rings is 1. The number of amides is 1. The van der Waals surface area contributed by atoms with E-state index < -0.39 is 17.6 Å². The van der Waals surface area contributed by atoms with Crippen molar-refractivity contribution in [2.24, 2.45) is 0 Å². The second kappa shape index (κ2) is 9.81. The van der Waals surface area contributed by atoms with Gasteiger partial charge in [0.05, 0.1) is 25.3 Å². The van der Waals surface area contributed by atoms with Gasteiger partial charge < -0.3 is 18.8 Å². The second-order valence-electron chi connectivity index (χ2n) is 7.55. The van der Waals surface area contributed by atoms with Gasteiger partial charge in [-0.3, -0.25) is 9.59 Å². The third-order valence-electron chi connectivity index (χ3n) is 5.36. The topological polar surface area (TPSA) is 81.9 Å². The van der Waals surface area contributed by atoms with Crippen molar-refractivity contribution in [2.75, 3.05) is 25.2 Å². The monoisotopic (exact) mass is 456 g/mol. The molecule has 1 aromatic heterocycles. The summed E-state index contributed by atoms with van der Waals surface area (Å²) in [5, 5.41) is 0. The maximum absolute atomic E-state index is 13.9. The standard InChI is InChI=1S/C24H22F2N2O5/c1-31-17-5-7-20-15(11-17)3-2-10-28(20)23(29)14-32-24(30)9-8-22-27-13-21(33-22)18-6-4-16(25)12-19(18)26/h4-7,11-13H,2-3,8-10,14H2,1H3. The van der Waals surface area contributed by atoms with Crippen molar-refractivity contribution in [2.45, 2.75) is 25.7 Å². The van der Waals surface area contributed by atoms with Crippen LogP contribution in [0.5, 0.6) is 5.75 Å². The van der Waals surface area contributed by atoms with Gasteiger partial charge in [-0.15, -0.1) is 0 Å². The molecular weight excluding hydrogens is 434 g/mol. The van der Waals surface area contributed by atoms with Crippen LogP contribution in [-0.2, 0) is 27.2 Å². The third kappa shape index (κ3) is 5.19. The number of rotatable bonds is 7. The van der Waals surface area contributed by atoms with Gasteiger partial charge >= 0.3 is 5.97 Å². The van der Waals surface area contributed by atoms with E-state index in [9.17, 15) is 18.4 Å². The summed E-state index contributed by atoms with van der Waals surface area (Å²) >= 11 is 0. The first-order chi connectivity index (χ1) is 15.9. The molecule has 2 aromatic carbocycles. The number of methoxy groups -OCH3 is 1. The fourth-order valence-electron chi connectivity index (χ4n) is 3.70. The molecule has 7 nitrogen and oxygen atoms in total. The van der Waals surface area contributed by atoms with E-state index in [1.54, 1.807) is 18.1 Å². The van der Waals surface area contributed by atoms with Gasteiger partial charge in [0.1, 0.15) is 17.4 Å². The Morgan fingerprint density at radius 2 is 2.03 bits per heavy atom. The number of hydrogen-bond acceptors (Lipinski definition) is 6. The molecule has 0 unspecified atom stereocenters. The van der Waals surface area contributed by atoms with E-state index in [4.69, 9.17) is 13.9 Å². The first-order valence-electron chi connectivity index (χ1n) is 10.5. The summed E-state index contributed by atoms with van der Waals surface area (Å²) in [6.45, 7) is 0.177. The predicted octanol–water partition coefficient (Wildman–Crippen LogP) is 4.08. The number of aromatic nitrogens is 1. The van der Waals surface area contributed by atoms with Crippen LogP contribution in [0.4, 0.5) is 14.5 Å². The second-order valence-corrected chi connectivity index (χ2v) is 7.55. The van der Waals surface area contributed by atoms with Crippen LogP contribution >= 0.6 is 0 Å². The Bertz CT molecular complexity index is 1180. The Kier molecular flexibility index (Phi) is 6.67. The molecule has 0 spiro atoms. The number of benzene rings is 2. The molecule has 4 rings (SSSR count). The van der Waals surface area contributed by atoms with Crippen LogP contribution in [0.3, 0.4) is 0 Å². The Hall–Kier alpha value is -3.75. The van der Waals surface area contributed by atoms with Crippen LogP contribution in [0.1, 0.15) is 24.3 Å². The van der Waals surface area contributed by atoms with Gasteiger partial charge in [-0.25, -0.2) is 13.8 Å². The van der Waals surface area contributed by atoms with Crippen LogP contribution in [0.15, 0.2) is 47.0 Å². The lowest BCUT2D eigenvalue weighted by atomic mass is 10.0. The van der Waals surface area contributed by atoms with Crippen molar-refractivity contribution in [3.8, 4) is 17.1 Å². The molecule has 3 aromatic rings. The minimum Gasteiger partial charge on any atom is -0.497 e. The molecule has 0 saturated heterocycles. The Balaban J connectivity index is 1.29. The Morgan fingerprint density at radius 3 is 2.82 bits per heavy atom. The largest absolute Gasteiger partial charge is 0.497 e. The van der Waals surface area contributed by atoms with Gasteiger partial charge in [-0.2, -0.15) is 0 Å². The van der Waals surface area contributed by atoms with Crippen molar-refractivity contribution < 1.29 is 32.3 Å². The summed E-state index contributed by atoms with van der Waals surface area (Å²) in [4.78, 5) is 30.4. The summed E-state index contributed by atoms with van der Waals surface area (Å²) in [7, 11) is 1.59. The highest BCUT2D eigenvalue weighted by molar-refractivity contribution is 5.96. The molecule has 172 valence electrons. The molecule has 9 heteroatoms. The Morgan fingerprint density at radius 1 is 1.18 bits per heavy atom. The van der Waals surface area contributed by atoms with E-state index in [1.165, 1.54) is 12.3 Å². The lowest BCUT2D eigenvalue weighted by Gasteiger charge is -2.29. The van der Waals surface area contributed by atoms with Gasteiger partial charge in [-0.05, 0) is 48.7 Å². The molecule has 0 fully saturated rings. The van der Waals surface area contributed by atoms with Crippen LogP contribution in [0.2, 0.25) is 0 Å². The normalized spacial score (nSPS) is 12.9. The van der Waals surface area contributed by atoms with E-state index in [0.29, 0.717) is 6.54 Å². The van der Waals surface area contributed by atoms with E-state index in [2.05, 4.69) is 4.98 Å². The highest BCUT2D eigenvalue weighted by Gasteiger charge is 2.24. The minimum atomic E-state index is -0.770. The number of carbonyl (C=O) groups excluding carboxylic acids is 2. The number of esters is 1. The lowest BCUT2D eigenvalue weighted by Crippen LogP contribution is -2.38. The number of aryl methyl sites for hydroxylation is 2. The molecule has 1 amide bonds. The number of nitrogens with zero attached hydrogens (tertiary/aromatic N) is 2. The van der Waals surface area contributed by atoms with Crippen LogP contribution in [-0.4, -0.2) is 37.1 Å². The first kappa shape index (κ1) is 22.4. The van der Waals surface area contributed by atoms with E-state index >= 15 is 0 Å². The van der Waals surface area contributed by atoms with Crippen LogP contribution in [0, 0.1) is 11.6 Å². The van der Waals surface area contributed by atoms with Crippen molar-refractivity contribution in [3.63, 3.8) is 0 Å². The Labute approximate surface area is 188 Å². The quantitative estimate of drug-likeness (QED) is 0.499. The highest BCUT2D eigenvalue weighted by Crippen LogP contribution is 2.30. The predicted molar refractivity (Wildman–Crippen MR) is 115 cm³/mol.